The normalized spacial score (nSPS) is 13.4. The predicted molar refractivity (Wildman–Crippen MR) is 82.6 cm³/mol. The third-order valence-electron chi connectivity index (χ3n) is 3.14. The van der Waals surface area contributed by atoms with Crippen LogP contribution in [-0.4, -0.2) is 36.3 Å². The van der Waals surface area contributed by atoms with Gasteiger partial charge in [-0.3, -0.25) is 14.4 Å². The molecule has 3 N–H and O–H groups in total. The first-order valence-electron chi connectivity index (χ1n) is 7.64. The first-order valence-corrected chi connectivity index (χ1v) is 7.64. The smallest absolute Gasteiger partial charge is 0.243 e. The Hall–Kier alpha value is -1.59. The Labute approximate surface area is 127 Å². The van der Waals surface area contributed by atoms with Gasteiger partial charge in [-0.05, 0) is 19.3 Å². The summed E-state index contributed by atoms with van der Waals surface area (Å²) >= 11 is 0. The third kappa shape index (κ3) is 8.32. The van der Waals surface area contributed by atoms with Crippen LogP contribution in [0.3, 0.4) is 0 Å². The highest BCUT2D eigenvalue weighted by atomic mass is 16.2. The number of carbonyl (C=O) groups is 3. The molecular formula is C15H29N3O3. The van der Waals surface area contributed by atoms with Crippen LogP contribution in [0.4, 0.5) is 0 Å². The number of unbranched alkanes of at least 4 members (excludes halogenated alkanes) is 2. The maximum Gasteiger partial charge on any atom is 0.243 e. The Morgan fingerprint density at radius 2 is 1.57 bits per heavy atom. The van der Waals surface area contributed by atoms with Crippen LogP contribution in [-0.2, 0) is 14.4 Å². The van der Waals surface area contributed by atoms with Crippen molar-refractivity contribution < 1.29 is 14.4 Å². The van der Waals surface area contributed by atoms with Gasteiger partial charge in [-0.15, -0.1) is 0 Å². The van der Waals surface area contributed by atoms with E-state index in [1.807, 2.05) is 13.8 Å². The second-order valence-corrected chi connectivity index (χ2v) is 5.65. The summed E-state index contributed by atoms with van der Waals surface area (Å²) in [5, 5.41) is 8.03. The minimum absolute atomic E-state index is 0.0475. The number of hydrogen-bond donors (Lipinski definition) is 3. The van der Waals surface area contributed by atoms with Crippen molar-refractivity contribution >= 4 is 17.7 Å². The molecule has 0 aromatic carbocycles. The average Bonchev–Trinajstić information content (AvgIpc) is 2.39. The highest BCUT2D eigenvalue weighted by Crippen LogP contribution is 2.02. The molecule has 0 bridgehead atoms. The molecule has 0 aliphatic heterocycles. The quantitative estimate of drug-likeness (QED) is 0.554. The first kappa shape index (κ1) is 19.4. The molecule has 0 spiro atoms. The van der Waals surface area contributed by atoms with Crippen molar-refractivity contribution in [3.8, 4) is 0 Å². The van der Waals surface area contributed by atoms with Gasteiger partial charge in [0.25, 0.3) is 0 Å². The summed E-state index contributed by atoms with van der Waals surface area (Å²) in [5.41, 5.74) is 0. The number of amides is 3. The molecule has 6 nitrogen and oxygen atoms in total. The lowest BCUT2D eigenvalue weighted by atomic mass is 10.0. The molecule has 122 valence electrons. The van der Waals surface area contributed by atoms with Crippen LogP contribution in [0.25, 0.3) is 0 Å². The molecule has 21 heavy (non-hydrogen) atoms. The van der Waals surface area contributed by atoms with Gasteiger partial charge in [0.15, 0.2) is 0 Å². The zero-order valence-electron chi connectivity index (χ0n) is 13.8. The molecule has 0 rings (SSSR count). The highest BCUT2D eigenvalue weighted by Gasteiger charge is 2.25. The van der Waals surface area contributed by atoms with Crippen LogP contribution < -0.4 is 16.0 Å². The van der Waals surface area contributed by atoms with Gasteiger partial charge < -0.3 is 16.0 Å². The summed E-state index contributed by atoms with van der Waals surface area (Å²) in [6, 6.07) is -1.24. The summed E-state index contributed by atoms with van der Waals surface area (Å²) in [6.45, 7) is 9.40. The van der Waals surface area contributed by atoms with Crippen LogP contribution in [0.2, 0.25) is 0 Å². The Morgan fingerprint density at radius 3 is 2.05 bits per heavy atom. The van der Waals surface area contributed by atoms with Crippen molar-refractivity contribution in [1.29, 1.82) is 0 Å². The molecule has 0 aliphatic rings. The average molecular weight is 299 g/mol. The lowest BCUT2D eigenvalue weighted by molar-refractivity contribution is -0.132. The van der Waals surface area contributed by atoms with Crippen LogP contribution >= 0.6 is 0 Å². The summed E-state index contributed by atoms with van der Waals surface area (Å²) in [4.78, 5) is 35.1. The van der Waals surface area contributed by atoms with E-state index in [1.165, 1.54) is 6.92 Å². The molecule has 0 fully saturated rings. The van der Waals surface area contributed by atoms with E-state index >= 15 is 0 Å². The zero-order valence-corrected chi connectivity index (χ0v) is 13.8. The number of rotatable bonds is 9. The molecule has 0 heterocycles. The van der Waals surface area contributed by atoms with Gasteiger partial charge in [0.2, 0.25) is 17.7 Å². The topological polar surface area (TPSA) is 87.3 Å². The molecule has 0 aromatic heterocycles. The Bertz CT molecular complexity index is 356. The minimum atomic E-state index is -0.627. The van der Waals surface area contributed by atoms with E-state index in [2.05, 4.69) is 22.9 Å². The van der Waals surface area contributed by atoms with Crippen molar-refractivity contribution in [2.24, 2.45) is 5.92 Å². The first-order chi connectivity index (χ1) is 9.79. The van der Waals surface area contributed by atoms with Crippen LogP contribution in [0.1, 0.15) is 53.9 Å². The second-order valence-electron chi connectivity index (χ2n) is 5.65. The molecule has 2 atom stereocenters. The fourth-order valence-corrected chi connectivity index (χ4v) is 1.86. The fraction of sp³-hybridized carbons (Fsp3) is 0.800. The van der Waals surface area contributed by atoms with Crippen molar-refractivity contribution in [2.45, 2.75) is 66.0 Å². The van der Waals surface area contributed by atoms with Gasteiger partial charge in [0.1, 0.15) is 12.1 Å². The zero-order chi connectivity index (χ0) is 16.4. The van der Waals surface area contributed by atoms with Gasteiger partial charge in [0, 0.05) is 13.5 Å². The maximum atomic E-state index is 12.1. The van der Waals surface area contributed by atoms with E-state index in [0.29, 0.717) is 6.54 Å². The summed E-state index contributed by atoms with van der Waals surface area (Å²) in [7, 11) is 0. The minimum Gasteiger partial charge on any atom is -0.354 e. The standard InChI is InChI=1S/C15H29N3O3/c1-6-7-8-9-16-14(20)11(4)17-15(21)13(10(2)3)18-12(5)19/h10-11,13H,6-9H2,1-5H3,(H,16,20)(H,17,21)(H,18,19)/t11-,13-/m0/s1. The van der Waals surface area contributed by atoms with E-state index in [9.17, 15) is 14.4 Å². The fourth-order valence-electron chi connectivity index (χ4n) is 1.86. The van der Waals surface area contributed by atoms with Gasteiger partial charge in [0.05, 0.1) is 0 Å². The number of hydrogen-bond acceptors (Lipinski definition) is 3. The Morgan fingerprint density at radius 1 is 0.952 bits per heavy atom. The maximum absolute atomic E-state index is 12.1. The lowest BCUT2D eigenvalue weighted by Crippen LogP contribution is -2.54. The monoisotopic (exact) mass is 299 g/mol. The van der Waals surface area contributed by atoms with Crippen molar-refractivity contribution in [1.82, 2.24) is 16.0 Å². The predicted octanol–water partition coefficient (Wildman–Crippen LogP) is 0.958. The van der Waals surface area contributed by atoms with Crippen LogP contribution in [0, 0.1) is 5.92 Å². The summed E-state index contributed by atoms with van der Waals surface area (Å²) in [6.07, 6.45) is 3.09. The summed E-state index contributed by atoms with van der Waals surface area (Å²) < 4.78 is 0. The summed E-state index contributed by atoms with van der Waals surface area (Å²) in [5.74, 6) is -0.851. The SMILES string of the molecule is CCCCCNC(=O)[C@H](C)NC(=O)[C@@H](NC(C)=O)C(C)C. The van der Waals surface area contributed by atoms with Crippen molar-refractivity contribution in [3.63, 3.8) is 0 Å². The van der Waals surface area contributed by atoms with Gasteiger partial charge >= 0.3 is 0 Å². The molecule has 0 saturated carbocycles. The molecule has 0 aliphatic carbocycles. The van der Waals surface area contributed by atoms with Crippen LogP contribution in [0.5, 0.6) is 0 Å². The van der Waals surface area contributed by atoms with E-state index < -0.39 is 12.1 Å². The molecule has 0 aromatic rings. The van der Waals surface area contributed by atoms with Crippen LogP contribution in [0.15, 0.2) is 0 Å². The van der Waals surface area contributed by atoms with E-state index in [-0.39, 0.29) is 23.6 Å². The Balaban J connectivity index is 4.32. The Kier molecular flexibility index (Phi) is 9.41. The highest BCUT2D eigenvalue weighted by molar-refractivity contribution is 5.91. The molecule has 0 radical (unpaired) electrons. The van der Waals surface area contributed by atoms with Gasteiger partial charge in [-0.1, -0.05) is 33.6 Å². The molecule has 0 saturated heterocycles. The largest absolute Gasteiger partial charge is 0.354 e. The van der Waals surface area contributed by atoms with E-state index in [1.54, 1.807) is 6.92 Å². The van der Waals surface area contributed by atoms with Crippen molar-refractivity contribution in [2.75, 3.05) is 6.54 Å². The van der Waals surface area contributed by atoms with E-state index in [4.69, 9.17) is 0 Å². The lowest BCUT2D eigenvalue weighted by Gasteiger charge is -2.23. The number of nitrogens with one attached hydrogen (secondary N) is 3. The van der Waals surface area contributed by atoms with Gasteiger partial charge in [-0.2, -0.15) is 0 Å². The molecule has 6 heteroatoms. The van der Waals surface area contributed by atoms with Crippen molar-refractivity contribution in [3.05, 3.63) is 0 Å². The van der Waals surface area contributed by atoms with E-state index in [0.717, 1.165) is 19.3 Å². The molecule has 3 amide bonds. The molecule has 0 unspecified atom stereocenters. The third-order valence-corrected chi connectivity index (χ3v) is 3.14. The second kappa shape index (κ2) is 10.2. The van der Waals surface area contributed by atoms with Gasteiger partial charge in [-0.25, -0.2) is 0 Å². The molecular weight excluding hydrogens is 270 g/mol. The number of carbonyl (C=O) groups excluding carboxylic acids is 3.